The largest absolute Gasteiger partial charge is 0.313 e. The van der Waals surface area contributed by atoms with Gasteiger partial charge in [0.15, 0.2) is 0 Å². The first-order chi connectivity index (χ1) is 8.11. The van der Waals surface area contributed by atoms with Crippen molar-refractivity contribution in [3.05, 3.63) is 34.9 Å². The summed E-state index contributed by atoms with van der Waals surface area (Å²) < 4.78 is 0. The third kappa shape index (κ3) is 2.71. The van der Waals surface area contributed by atoms with Crippen molar-refractivity contribution < 1.29 is 0 Å². The van der Waals surface area contributed by atoms with Crippen LogP contribution in [-0.2, 0) is 6.42 Å². The van der Waals surface area contributed by atoms with E-state index in [4.69, 9.17) is 0 Å². The molecule has 2 rings (SSSR count). The molecule has 0 fully saturated rings. The van der Waals surface area contributed by atoms with Gasteiger partial charge >= 0.3 is 0 Å². The first-order valence-electron chi connectivity index (χ1n) is 6.91. The normalized spacial score (nSPS) is 23.8. The molecule has 1 aromatic rings. The Bertz CT molecular complexity index is 381. The van der Waals surface area contributed by atoms with Crippen LogP contribution in [-0.4, -0.2) is 7.05 Å². The lowest BCUT2D eigenvalue weighted by molar-refractivity contribution is 0.459. The van der Waals surface area contributed by atoms with Gasteiger partial charge in [0.05, 0.1) is 0 Å². The van der Waals surface area contributed by atoms with Gasteiger partial charge < -0.3 is 5.32 Å². The average molecular weight is 231 g/mol. The summed E-state index contributed by atoms with van der Waals surface area (Å²) in [5.41, 5.74) is 4.60. The molecule has 0 radical (unpaired) electrons. The zero-order valence-electron chi connectivity index (χ0n) is 11.6. The van der Waals surface area contributed by atoms with E-state index in [0.29, 0.717) is 6.04 Å². The van der Waals surface area contributed by atoms with E-state index in [2.05, 4.69) is 51.3 Å². The Morgan fingerprint density at radius 3 is 2.65 bits per heavy atom. The van der Waals surface area contributed by atoms with Crippen molar-refractivity contribution in [3.63, 3.8) is 0 Å². The van der Waals surface area contributed by atoms with Crippen LogP contribution >= 0.6 is 0 Å². The minimum absolute atomic E-state index is 0.563. The van der Waals surface area contributed by atoms with Crippen LogP contribution in [0.4, 0.5) is 0 Å². The summed E-state index contributed by atoms with van der Waals surface area (Å²) in [6.45, 7) is 6.93. The minimum Gasteiger partial charge on any atom is -0.313 e. The zero-order valence-corrected chi connectivity index (χ0v) is 11.6. The van der Waals surface area contributed by atoms with E-state index in [0.717, 1.165) is 11.8 Å². The van der Waals surface area contributed by atoms with Gasteiger partial charge in [-0.05, 0) is 54.8 Å². The van der Waals surface area contributed by atoms with Crippen LogP contribution in [0, 0.1) is 5.92 Å². The van der Waals surface area contributed by atoms with Crippen LogP contribution in [0.5, 0.6) is 0 Å². The van der Waals surface area contributed by atoms with Gasteiger partial charge in [0, 0.05) is 6.04 Å². The third-order valence-corrected chi connectivity index (χ3v) is 3.94. The van der Waals surface area contributed by atoms with E-state index < -0.39 is 0 Å². The second-order valence-electron chi connectivity index (χ2n) is 5.88. The van der Waals surface area contributed by atoms with E-state index in [1.807, 2.05) is 0 Å². The Kier molecular flexibility index (Phi) is 3.88. The van der Waals surface area contributed by atoms with Gasteiger partial charge in [0.2, 0.25) is 0 Å². The number of fused-ring (bicyclic) bond motifs is 1. The molecule has 0 aromatic heterocycles. The van der Waals surface area contributed by atoms with E-state index in [9.17, 15) is 0 Å². The summed E-state index contributed by atoms with van der Waals surface area (Å²) in [5, 5.41) is 3.46. The highest BCUT2D eigenvalue weighted by Crippen LogP contribution is 2.37. The average Bonchev–Trinajstić information content (AvgIpc) is 2.29. The van der Waals surface area contributed by atoms with Gasteiger partial charge in [-0.3, -0.25) is 0 Å². The van der Waals surface area contributed by atoms with Crippen molar-refractivity contribution in [3.8, 4) is 0 Å². The van der Waals surface area contributed by atoms with Crippen LogP contribution in [0.2, 0.25) is 0 Å². The molecule has 2 unspecified atom stereocenters. The van der Waals surface area contributed by atoms with Gasteiger partial charge in [-0.2, -0.15) is 0 Å². The number of rotatable bonds is 3. The number of nitrogens with one attached hydrogen (secondary N) is 1. The van der Waals surface area contributed by atoms with Crippen molar-refractivity contribution in [2.75, 3.05) is 7.05 Å². The number of hydrogen-bond donors (Lipinski definition) is 1. The fourth-order valence-electron chi connectivity index (χ4n) is 3.00. The molecule has 0 aliphatic heterocycles. The van der Waals surface area contributed by atoms with E-state index in [1.54, 1.807) is 11.1 Å². The van der Waals surface area contributed by atoms with Crippen LogP contribution in [0.25, 0.3) is 0 Å². The van der Waals surface area contributed by atoms with Crippen LogP contribution in [0.1, 0.15) is 62.3 Å². The quantitative estimate of drug-likeness (QED) is 0.827. The highest BCUT2D eigenvalue weighted by atomic mass is 14.9. The number of hydrogen-bond acceptors (Lipinski definition) is 1. The fourth-order valence-corrected chi connectivity index (χ4v) is 3.00. The standard InChI is InChI=1S/C16H25N/c1-11(2)9-13-6-7-14-12(3)5-8-16(17-4)15(14)10-13/h6-7,10-12,16-17H,5,8-9H2,1-4H3. The second-order valence-corrected chi connectivity index (χ2v) is 5.88. The molecule has 1 aromatic carbocycles. The van der Waals surface area contributed by atoms with Crippen molar-refractivity contribution in [2.45, 2.75) is 52.0 Å². The summed E-state index contributed by atoms with van der Waals surface area (Å²) in [7, 11) is 2.08. The molecule has 1 aliphatic carbocycles. The van der Waals surface area contributed by atoms with Crippen molar-refractivity contribution in [1.29, 1.82) is 0 Å². The summed E-state index contributed by atoms with van der Waals surface area (Å²) in [4.78, 5) is 0. The molecule has 1 nitrogen and oxygen atoms in total. The highest BCUT2D eigenvalue weighted by molar-refractivity contribution is 5.38. The van der Waals surface area contributed by atoms with E-state index >= 15 is 0 Å². The molecular weight excluding hydrogens is 206 g/mol. The predicted molar refractivity (Wildman–Crippen MR) is 74.4 cm³/mol. The Morgan fingerprint density at radius 2 is 2.00 bits per heavy atom. The summed E-state index contributed by atoms with van der Waals surface area (Å²) >= 11 is 0. The maximum absolute atomic E-state index is 3.46. The van der Waals surface area contributed by atoms with Gasteiger partial charge in [-0.15, -0.1) is 0 Å². The zero-order chi connectivity index (χ0) is 12.4. The van der Waals surface area contributed by atoms with Crippen LogP contribution in [0.15, 0.2) is 18.2 Å². The van der Waals surface area contributed by atoms with Crippen molar-refractivity contribution in [2.24, 2.45) is 5.92 Å². The van der Waals surface area contributed by atoms with Gasteiger partial charge in [0.25, 0.3) is 0 Å². The molecule has 1 N–H and O–H groups in total. The maximum Gasteiger partial charge on any atom is 0.0320 e. The molecule has 17 heavy (non-hydrogen) atoms. The smallest absolute Gasteiger partial charge is 0.0320 e. The topological polar surface area (TPSA) is 12.0 Å². The molecule has 0 heterocycles. The minimum atomic E-state index is 0.563. The Labute approximate surface area is 106 Å². The molecule has 0 spiro atoms. The lowest BCUT2D eigenvalue weighted by atomic mass is 9.80. The Hall–Kier alpha value is -0.820. The predicted octanol–water partition coefficient (Wildman–Crippen LogP) is 4.04. The SMILES string of the molecule is CNC1CCC(C)c2ccc(CC(C)C)cc21. The molecular formula is C16H25N. The number of benzene rings is 1. The van der Waals surface area contributed by atoms with Crippen LogP contribution < -0.4 is 5.32 Å². The second kappa shape index (κ2) is 5.22. The van der Waals surface area contributed by atoms with Crippen LogP contribution in [0.3, 0.4) is 0 Å². The van der Waals surface area contributed by atoms with Gasteiger partial charge in [-0.25, -0.2) is 0 Å². The Morgan fingerprint density at radius 1 is 1.24 bits per heavy atom. The molecule has 2 atom stereocenters. The van der Waals surface area contributed by atoms with Crippen molar-refractivity contribution >= 4 is 0 Å². The molecule has 0 amide bonds. The fraction of sp³-hybridized carbons (Fsp3) is 0.625. The monoisotopic (exact) mass is 231 g/mol. The van der Waals surface area contributed by atoms with Gasteiger partial charge in [-0.1, -0.05) is 39.0 Å². The third-order valence-electron chi connectivity index (χ3n) is 3.94. The lowest BCUT2D eigenvalue weighted by Gasteiger charge is -2.30. The maximum atomic E-state index is 3.46. The molecule has 0 saturated heterocycles. The first kappa shape index (κ1) is 12.6. The molecule has 1 heteroatoms. The molecule has 1 aliphatic rings. The van der Waals surface area contributed by atoms with Gasteiger partial charge in [0.1, 0.15) is 0 Å². The lowest BCUT2D eigenvalue weighted by Crippen LogP contribution is -2.23. The van der Waals surface area contributed by atoms with E-state index in [1.165, 1.54) is 24.8 Å². The summed E-state index contributed by atoms with van der Waals surface area (Å²) in [5.74, 6) is 1.46. The van der Waals surface area contributed by atoms with E-state index in [-0.39, 0.29) is 0 Å². The highest BCUT2D eigenvalue weighted by Gasteiger charge is 2.23. The molecule has 0 bridgehead atoms. The molecule has 0 saturated carbocycles. The summed E-state index contributed by atoms with van der Waals surface area (Å²) in [6, 6.07) is 7.69. The first-order valence-corrected chi connectivity index (χ1v) is 6.91. The van der Waals surface area contributed by atoms with Crippen molar-refractivity contribution in [1.82, 2.24) is 5.32 Å². The Balaban J connectivity index is 2.33. The molecule has 94 valence electrons. The summed E-state index contributed by atoms with van der Waals surface area (Å²) in [6.07, 6.45) is 3.77.